The lowest BCUT2D eigenvalue weighted by atomic mass is 10.0. The maximum Gasteiger partial charge on any atom is 0.291 e. The minimum Gasteiger partial charge on any atom is -0.265 e. The van der Waals surface area contributed by atoms with Gasteiger partial charge in [-0.15, -0.1) is 0 Å². The number of hydrazone groups is 1. The Morgan fingerprint density at radius 2 is 1.37 bits per heavy atom. The summed E-state index contributed by atoms with van der Waals surface area (Å²) >= 11 is 0. The van der Waals surface area contributed by atoms with Crippen LogP contribution in [0.15, 0.2) is 120 Å². The number of nitrogens with zero attached hydrogens (tertiary/aromatic N) is 3. The van der Waals surface area contributed by atoms with Gasteiger partial charge in [0.2, 0.25) is 0 Å². The van der Waals surface area contributed by atoms with Gasteiger partial charge >= 0.3 is 0 Å². The second kappa shape index (κ2) is 9.97. The van der Waals surface area contributed by atoms with Crippen molar-refractivity contribution in [2.24, 2.45) is 5.10 Å². The Bertz CT molecular complexity index is 1460. The second-order valence-corrected chi connectivity index (χ2v) is 7.86. The van der Waals surface area contributed by atoms with Crippen LogP contribution in [-0.4, -0.2) is 21.9 Å². The molecule has 5 aromatic rings. The van der Waals surface area contributed by atoms with E-state index in [0.29, 0.717) is 5.56 Å². The average Bonchev–Trinajstić information content (AvgIpc) is 3.37. The highest BCUT2D eigenvalue weighted by Gasteiger charge is 2.16. The first-order valence-electron chi connectivity index (χ1n) is 11.1. The number of hydrogen-bond acceptors (Lipinski definition) is 3. The van der Waals surface area contributed by atoms with Crippen LogP contribution < -0.4 is 5.43 Å². The molecule has 0 saturated heterocycles. The summed E-state index contributed by atoms with van der Waals surface area (Å²) in [5.41, 5.74) is 8.18. The van der Waals surface area contributed by atoms with Crippen LogP contribution in [0.25, 0.3) is 28.1 Å². The molecule has 0 aliphatic carbocycles. The minimum atomic E-state index is -0.444. The molecule has 0 saturated carbocycles. The zero-order valence-electron chi connectivity index (χ0n) is 18.7. The molecule has 170 valence electrons. The van der Waals surface area contributed by atoms with Gasteiger partial charge < -0.3 is 0 Å². The molecular formula is C29H21FN4O. The van der Waals surface area contributed by atoms with E-state index in [1.54, 1.807) is 22.9 Å². The lowest BCUT2D eigenvalue weighted by molar-refractivity contribution is 0.0949. The molecule has 0 aliphatic heterocycles. The molecule has 0 atom stereocenters. The van der Waals surface area contributed by atoms with Crippen LogP contribution in [0.1, 0.15) is 16.1 Å². The molecule has 0 fully saturated rings. The predicted octanol–water partition coefficient (Wildman–Crippen LogP) is 6.11. The Morgan fingerprint density at radius 1 is 0.771 bits per heavy atom. The van der Waals surface area contributed by atoms with Crippen molar-refractivity contribution in [1.82, 2.24) is 15.2 Å². The number of benzene rings is 4. The SMILES string of the molecule is O=C(N/N=C\c1ccc(F)cc1)c1cc(-c2ccc(-c3ccccc3)cc2)n(-c2ccccc2)n1. The van der Waals surface area contributed by atoms with Gasteiger partial charge in [0.1, 0.15) is 5.82 Å². The molecule has 35 heavy (non-hydrogen) atoms. The van der Waals surface area contributed by atoms with Gasteiger partial charge in [0.05, 0.1) is 17.6 Å². The Labute approximate surface area is 202 Å². The van der Waals surface area contributed by atoms with Crippen molar-refractivity contribution in [3.63, 3.8) is 0 Å². The molecule has 5 rings (SSSR count). The fraction of sp³-hybridized carbons (Fsp3) is 0. The number of carbonyl (C=O) groups excluding carboxylic acids is 1. The summed E-state index contributed by atoms with van der Waals surface area (Å²) in [7, 11) is 0. The van der Waals surface area contributed by atoms with Crippen molar-refractivity contribution in [2.45, 2.75) is 0 Å². The maximum atomic E-state index is 13.1. The molecular weight excluding hydrogens is 439 g/mol. The molecule has 4 aromatic carbocycles. The molecule has 1 amide bonds. The third-order valence-electron chi connectivity index (χ3n) is 5.48. The summed E-state index contributed by atoms with van der Waals surface area (Å²) < 4.78 is 14.8. The molecule has 5 nitrogen and oxygen atoms in total. The summed E-state index contributed by atoms with van der Waals surface area (Å²) in [6.45, 7) is 0. The average molecular weight is 461 g/mol. The van der Waals surface area contributed by atoms with Crippen molar-refractivity contribution in [1.29, 1.82) is 0 Å². The van der Waals surface area contributed by atoms with Gasteiger partial charge in [0.25, 0.3) is 5.91 Å². The van der Waals surface area contributed by atoms with Crippen LogP contribution >= 0.6 is 0 Å². The van der Waals surface area contributed by atoms with E-state index < -0.39 is 5.91 Å². The summed E-state index contributed by atoms with van der Waals surface area (Å²) in [5, 5.41) is 8.54. The second-order valence-electron chi connectivity index (χ2n) is 7.86. The molecule has 0 spiro atoms. The van der Waals surface area contributed by atoms with E-state index in [1.165, 1.54) is 18.3 Å². The standard InChI is InChI=1S/C29H21FN4O/c30-25-17-11-21(12-18-25)20-31-32-29(35)27-19-28(34(33-27)26-9-5-2-6-10-26)24-15-13-23(14-16-24)22-7-3-1-4-8-22/h1-20H,(H,32,35)/b31-20-. The highest BCUT2D eigenvalue weighted by Crippen LogP contribution is 2.27. The number of carbonyl (C=O) groups is 1. The van der Waals surface area contributed by atoms with Crippen molar-refractivity contribution < 1.29 is 9.18 Å². The van der Waals surface area contributed by atoms with Gasteiger partial charge in [0.15, 0.2) is 5.69 Å². The van der Waals surface area contributed by atoms with Crippen molar-refractivity contribution in [3.05, 3.63) is 132 Å². The number of amides is 1. The smallest absolute Gasteiger partial charge is 0.265 e. The molecule has 0 aliphatic rings. The highest BCUT2D eigenvalue weighted by atomic mass is 19.1. The van der Waals surface area contributed by atoms with Crippen molar-refractivity contribution in [3.8, 4) is 28.1 Å². The van der Waals surface area contributed by atoms with Crippen LogP contribution in [0, 0.1) is 5.82 Å². The van der Waals surface area contributed by atoms with E-state index in [-0.39, 0.29) is 11.5 Å². The van der Waals surface area contributed by atoms with E-state index in [9.17, 15) is 9.18 Å². The fourth-order valence-corrected chi connectivity index (χ4v) is 3.70. The van der Waals surface area contributed by atoms with Crippen LogP contribution in [-0.2, 0) is 0 Å². The molecule has 0 unspecified atom stereocenters. The van der Waals surface area contributed by atoms with Crippen molar-refractivity contribution >= 4 is 12.1 Å². The van der Waals surface area contributed by atoms with Gasteiger partial charge in [-0.25, -0.2) is 14.5 Å². The van der Waals surface area contributed by atoms with E-state index >= 15 is 0 Å². The number of halogens is 1. The number of rotatable bonds is 6. The monoisotopic (exact) mass is 460 g/mol. The van der Waals surface area contributed by atoms with Gasteiger partial charge in [-0.1, -0.05) is 84.9 Å². The van der Waals surface area contributed by atoms with Crippen LogP contribution in [0.2, 0.25) is 0 Å². The number of aromatic nitrogens is 2. The van der Waals surface area contributed by atoms with Gasteiger partial charge in [-0.3, -0.25) is 4.79 Å². The third kappa shape index (κ3) is 5.07. The highest BCUT2D eigenvalue weighted by molar-refractivity contribution is 5.94. The van der Waals surface area contributed by atoms with Gasteiger partial charge in [0, 0.05) is 5.56 Å². The molecule has 1 heterocycles. The van der Waals surface area contributed by atoms with Crippen LogP contribution in [0.3, 0.4) is 0 Å². The van der Waals surface area contributed by atoms with E-state index in [0.717, 1.165) is 28.1 Å². The van der Waals surface area contributed by atoms with Crippen LogP contribution in [0.4, 0.5) is 4.39 Å². The number of nitrogens with one attached hydrogen (secondary N) is 1. The Morgan fingerprint density at radius 3 is 2.06 bits per heavy atom. The van der Waals surface area contributed by atoms with Gasteiger partial charge in [-0.2, -0.15) is 10.2 Å². The summed E-state index contributed by atoms with van der Waals surface area (Å²) in [6.07, 6.45) is 1.45. The number of para-hydroxylation sites is 1. The van der Waals surface area contributed by atoms with E-state index in [4.69, 9.17) is 0 Å². The zero-order valence-corrected chi connectivity index (χ0v) is 18.7. The number of hydrogen-bond donors (Lipinski definition) is 1. The first kappa shape index (κ1) is 22.0. The first-order chi connectivity index (χ1) is 17.2. The third-order valence-corrected chi connectivity index (χ3v) is 5.48. The van der Waals surface area contributed by atoms with Gasteiger partial charge in [-0.05, 0) is 47.0 Å². The molecule has 0 radical (unpaired) electrons. The summed E-state index contributed by atoms with van der Waals surface area (Å²) in [5.74, 6) is -0.776. The molecule has 0 bridgehead atoms. The molecule has 1 aromatic heterocycles. The minimum absolute atomic E-state index is 0.229. The topological polar surface area (TPSA) is 59.3 Å². The summed E-state index contributed by atoms with van der Waals surface area (Å²) in [6, 6.07) is 35.5. The maximum absolute atomic E-state index is 13.1. The van der Waals surface area contributed by atoms with E-state index in [1.807, 2.05) is 60.7 Å². The lowest BCUT2D eigenvalue weighted by Crippen LogP contribution is -2.18. The van der Waals surface area contributed by atoms with E-state index in [2.05, 4.69) is 39.9 Å². The predicted molar refractivity (Wildman–Crippen MR) is 136 cm³/mol. The fourth-order valence-electron chi connectivity index (χ4n) is 3.70. The van der Waals surface area contributed by atoms with Crippen molar-refractivity contribution in [2.75, 3.05) is 0 Å². The molecule has 6 heteroatoms. The first-order valence-corrected chi connectivity index (χ1v) is 11.1. The Kier molecular flexibility index (Phi) is 6.26. The summed E-state index contributed by atoms with van der Waals surface area (Å²) in [4.78, 5) is 12.8. The molecule has 1 N–H and O–H groups in total. The Balaban J connectivity index is 1.44. The lowest BCUT2D eigenvalue weighted by Gasteiger charge is -2.08. The quantitative estimate of drug-likeness (QED) is 0.246. The Hall–Kier alpha value is -4.84. The normalized spacial score (nSPS) is 11.0. The zero-order chi connectivity index (χ0) is 24.0. The van der Waals surface area contributed by atoms with Crippen LogP contribution in [0.5, 0.6) is 0 Å². The largest absolute Gasteiger partial charge is 0.291 e.